The molecule has 0 bridgehead atoms. The van der Waals surface area contributed by atoms with Crippen LogP contribution in [0.1, 0.15) is 18.1 Å². The first-order valence-electron chi connectivity index (χ1n) is 8.94. The molecule has 0 aliphatic carbocycles. The maximum Gasteiger partial charge on any atom is 0.191 e. The molecule has 0 aliphatic heterocycles. The van der Waals surface area contributed by atoms with Crippen molar-refractivity contribution < 1.29 is 0 Å². The van der Waals surface area contributed by atoms with Gasteiger partial charge in [0, 0.05) is 36.7 Å². The number of aliphatic imine (C=N–C) groups is 1. The molecular formula is C20H24ClIN6. The number of rotatable bonds is 7. The van der Waals surface area contributed by atoms with E-state index in [0.29, 0.717) is 6.54 Å². The van der Waals surface area contributed by atoms with Crippen molar-refractivity contribution in [1.82, 2.24) is 25.2 Å². The van der Waals surface area contributed by atoms with E-state index >= 15 is 0 Å². The van der Waals surface area contributed by atoms with E-state index in [1.54, 1.807) is 12.5 Å². The summed E-state index contributed by atoms with van der Waals surface area (Å²) in [5.74, 6) is 1.63. The van der Waals surface area contributed by atoms with Crippen LogP contribution in [0.2, 0.25) is 5.02 Å². The van der Waals surface area contributed by atoms with Gasteiger partial charge in [-0.25, -0.2) is 15.0 Å². The number of pyridine rings is 1. The van der Waals surface area contributed by atoms with E-state index in [1.165, 1.54) is 5.56 Å². The first-order valence-corrected chi connectivity index (χ1v) is 9.32. The Morgan fingerprint density at radius 3 is 2.75 bits per heavy atom. The fraction of sp³-hybridized carbons (Fsp3) is 0.250. The molecule has 0 saturated carbocycles. The van der Waals surface area contributed by atoms with E-state index in [4.69, 9.17) is 11.6 Å². The third-order valence-corrected chi connectivity index (χ3v) is 4.17. The van der Waals surface area contributed by atoms with Crippen molar-refractivity contribution in [3.63, 3.8) is 0 Å². The van der Waals surface area contributed by atoms with E-state index in [9.17, 15) is 0 Å². The number of aromatic nitrogens is 3. The predicted octanol–water partition coefficient (Wildman–Crippen LogP) is 3.84. The van der Waals surface area contributed by atoms with Crippen molar-refractivity contribution in [2.75, 3.05) is 13.1 Å². The smallest absolute Gasteiger partial charge is 0.191 e. The predicted molar refractivity (Wildman–Crippen MR) is 125 cm³/mol. The van der Waals surface area contributed by atoms with Gasteiger partial charge in [-0.05, 0) is 42.7 Å². The van der Waals surface area contributed by atoms with Crippen molar-refractivity contribution >= 4 is 41.5 Å². The van der Waals surface area contributed by atoms with Gasteiger partial charge < -0.3 is 10.6 Å². The molecule has 6 nitrogen and oxygen atoms in total. The molecule has 2 N–H and O–H groups in total. The molecular weight excluding hydrogens is 487 g/mol. The fourth-order valence-corrected chi connectivity index (χ4v) is 2.80. The van der Waals surface area contributed by atoms with Crippen molar-refractivity contribution in [2.45, 2.75) is 19.9 Å². The fourth-order valence-electron chi connectivity index (χ4n) is 2.59. The second-order valence-electron chi connectivity index (χ2n) is 6.00. The maximum absolute atomic E-state index is 6.03. The van der Waals surface area contributed by atoms with Crippen LogP contribution in [0, 0.1) is 0 Å². The van der Waals surface area contributed by atoms with Gasteiger partial charge in [0.05, 0.1) is 6.54 Å². The summed E-state index contributed by atoms with van der Waals surface area (Å²) < 4.78 is 1.87. The summed E-state index contributed by atoms with van der Waals surface area (Å²) in [5.41, 5.74) is 2.25. The van der Waals surface area contributed by atoms with Crippen molar-refractivity contribution in [3.05, 3.63) is 77.5 Å². The minimum Gasteiger partial charge on any atom is -0.357 e. The van der Waals surface area contributed by atoms with Gasteiger partial charge in [0.1, 0.15) is 12.1 Å². The summed E-state index contributed by atoms with van der Waals surface area (Å²) >= 11 is 6.03. The third-order valence-electron chi connectivity index (χ3n) is 3.94. The Bertz CT molecular complexity index is 865. The molecule has 2 heterocycles. The van der Waals surface area contributed by atoms with E-state index < -0.39 is 0 Å². The largest absolute Gasteiger partial charge is 0.357 e. The van der Waals surface area contributed by atoms with E-state index in [0.717, 1.165) is 41.9 Å². The molecule has 0 amide bonds. The number of hydrogen-bond acceptors (Lipinski definition) is 3. The van der Waals surface area contributed by atoms with Crippen LogP contribution in [0.15, 0.2) is 66.3 Å². The lowest BCUT2D eigenvalue weighted by Crippen LogP contribution is -2.38. The molecule has 0 radical (unpaired) electrons. The Balaban J connectivity index is 0.00000280. The number of guanidine groups is 1. The van der Waals surface area contributed by atoms with Gasteiger partial charge in [-0.1, -0.05) is 29.8 Å². The maximum atomic E-state index is 6.03. The zero-order valence-corrected chi connectivity index (χ0v) is 18.8. The van der Waals surface area contributed by atoms with Crippen LogP contribution in [0.25, 0.3) is 5.82 Å². The van der Waals surface area contributed by atoms with Crippen LogP contribution in [-0.2, 0) is 13.0 Å². The van der Waals surface area contributed by atoms with Crippen LogP contribution < -0.4 is 10.6 Å². The SMILES string of the molecule is CCNC(=NCc1ccc(-n2ccnc2)nc1)NCCc1cccc(Cl)c1.I. The molecule has 0 aliphatic rings. The Morgan fingerprint density at radius 1 is 1.18 bits per heavy atom. The van der Waals surface area contributed by atoms with Crippen LogP contribution >= 0.6 is 35.6 Å². The van der Waals surface area contributed by atoms with Crippen molar-refractivity contribution in [1.29, 1.82) is 0 Å². The average Bonchev–Trinajstić information content (AvgIpc) is 3.21. The molecule has 3 aromatic rings. The lowest BCUT2D eigenvalue weighted by atomic mass is 10.1. The highest BCUT2D eigenvalue weighted by Gasteiger charge is 2.01. The number of benzene rings is 1. The zero-order chi connectivity index (χ0) is 18.9. The molecule has 0 unspecified atom stereocenters. The van der Waals surface area contributed by atoms with Gasteiger partial charge >= 0.3 is 0 Å². The Morgan fingerprint density at radius 2 is 2.07 bits per heavy atom. The average molecular weight is 511 g/mol. The third kappa shape index (κ3) is 6.79. The summed E-state index contributed by atoms with van der Waals surface area (Å²) in [6.07, 6.45) is 8.05. The minimum absolute atomic E-state index is 0. The summed E-state index contributed by atoms with van der Waals surface area (Å²) in [6, 6.07) is 11.9. The number of nitrogens with zero attached hydrogens (tertiary/aromatic N) is 4. The summed E-state index contributed by atoms with van der Waals surface area (Å²) in [7, 11) is 0. The Labute approximate surface area is 187 Å². The topological polar surface area (TPSA) is 67.1 Å². The molecule has 1 aromatic carbocycles. The van der Waals surface area contributed by atoms with Crippen LogP contribution in [0.3, 0.4) is 0 Å². The normalized spacial score (nSPS) is 11.0. The number of nitrogens with one attached hydrogen (secondary N) is 2. The minimum atomic E-state index is 0. The van der Waals surface area contributed by atoms with Gasteiger partial charge in [-0.2, -0.15) is 0 Å². The molecule has 0 fully saturated rings. The van der Waals surface area contributed by atoms with Gasteiger partial charge in [-0.3, -0.25) is 4.57 Å². The van der Waals surface area contributed by atoms with Crippen LogP contribution in [0.5, 0.6) is 0 Å². The van der Waals surface area contributed by atoms with Gasteiger partial charge in [0.15, 0.2) is 5.96 Å². The van der Waals surface area contributed by atoms with Crippen molar-refractivity contribution in [3.8, 4) is 5.82 Å². The lowest BCUT2D eigenvalue weighted by Gasteiger charge is -2.11. The lowest BCUT2D eigenvalue weighted by molar-refractivity contribution is 0.799. The van der Waals surface area contributed by atoms with E-state index in [1.807, 2.05) is 47.3 Å². The molecule has 0 saturated heterocycles. The second-order valence-corrected chi connectivity index (χ2v) is 6.43. The quantitative estimate of drug-likeness (QED) is 0.288. The number of hydrogen-bond donors (Lipinski definition) is 2. The Hall–Kier alpha value is -2.13. The van der Waals surface area contributed by atoms with Crippen LogP contribution in [0.4, 0.5) is 0 Å². The second kappa shape index (κ2) is 11.7. The highest BCUT2D eigenvalue weighted by Crippen LogP contribution is 2.10. The number of halogens is 2. The zero-order valence-electron chi connectivity index (χ0n) is 15.7. The summed E-state index contributed by atoms with van der Waals surface area (Å²) in [5, 5.41) is 7.38. The molecule has 148 valence electrons. The van der Waals surface area contributed by atoms with E-state index in [-0.39, 0.29) is 24.0 Å². The molecule has 0 spiro atoms. The monoisotopic (exact) mass is 510 g/mol. The van der Waals surface area contributed by atoms with E-state index in [2.05, 4.69) is 38.6 Å². The van der Waals surface area contributed by atoms with Crippen molar-refractivity contribution in [2.24, 2.45) is 4.99 Å². The molecule has 0 atom stereocenters. The van der Waals surface area contributed by atoms with Gasteiger partial charge in [-0.15, -0.1) is 24.0 Å². The number of imidazole rings is 1. The first-order chi connectivity index (χ1) is 13.2. The molecule has 28 heavy (non-hydrogen) atoms. The standard InChI is InChI=1S/C20H23ClN6.HI/c1-2-23-20(24-9-8-16-4-3-5-18(21)12-16)26-14-17-6-7-19(25-13-17)27-11-10-22-15-27;/h3-7,10-13,15H,2,8-9,14H2,1H3,(H2,23,24,26);1H. The first kappa shape index (κ1) is 22.2. The summed E-state index contributed by atoms with van der Waals surface area (Å²) in [4.78, 5) is 13.1. The molecule has 8 heteroatoms. The van der Waals surface area contributed by atoms with Gasteiger partial charge in [0.2, 0.25) is 0 Å². The van der Waals surface area contributed by atoms with Crippen LogP contribution in [-0.4, -0.2) is 33.6 Å². The highest BCUT2D eigenvalue weighted by atomic mass is 127. The van der Waals surface area contributed by atoms with Gasteiger partial charge in [0.25, 0.3) is 0 Å². The Kier molecular flexibility index (Phi) is 9.22. The molecule has 2 aromatic heterocycles. The summed E-state index contributed by atoms with van der Waals surface area (Å²) in [6.45, 7) is 4.20. The highest BCUT2D eigenvalue weighted by molar-refractivity contribution is 14.0. The molecule has 3 rings (SSSR count).